The summed E-state index contributed by atoms with van der Waals surface area (Å²) in [6, 6.07) is 10.9. The third kappa shape index (κ3) is 4.19. The highest BCUT2D eigenvalue weighted by molar-refractivity contribution is 6.31. The summed E-state index contributed by atoms with van der Waals surface area (Å²) in [5, 5.41) is 0.520. The zero-order valence-electron chi connectivity index (χ0n) is 21.7. The van der Waals surface area contributed by atoms with Gasteiger partial charge in [-0.05, 0) is 55.2 Å². The van der Waals surface area contributed by atoms with Gasteiger partial charge in [-0.25, -0.2) is 14.7 Å². The number of primary amides is 1. The molecule has 0 bridgehead atoms. The number of fused-ring (bicyclic) bond motifs is 3. The second-order valence-corrected chi connectivity index (χ2v) is 10.8. The third-order valence-corrected chi connectivity index (χ3v) is 7.84. The molecule has 3 aromatic rings. The van der Waals surface area contributed by atoms with Crippen LogP contribution in [0.25, 0.3) is 11.4 Å². The van der Waals surface area contributed by atoms with Gasteiger partial charge in [0.2, 0.25) is 5.91 Å². The van der Waals surface area contributed by atoms with E-state index >= 15 is 0 Å². The lowest BCUT2D eigenvalue weighted by atomic mass is 10.0. The standard InChI is InChI=1S/C28H29ClN6O4/c1-16(2)24-27(37)34(18-7-5-17(29)6-8-18)28(38)35(24)23-15-32-12-13-39-22-14-19(9-10-20(22)26(32)31-23)33-11-3-4-21(33)25(30)36/h5-10,14-16,21,24H,3-4,11-13H2,1-2H3,(H2,30,36)/t21-,24?/m0/s1. The van der Waals surface area contributed by atoms with Gasteiger partial charge in [0.05, 0.1) is 17.8 Å². The molecule has 10 nitrogen and oxygen atoms in total. The topological polar surface area (TPSA) is 114 Å². The molecule has 3 aliphatic rings. The molecule has 11 heteroatoms. The van der Waals surface area contributed by atoms with Crippen molar-refractivity contribution in [2.75, 3.05) is 27.9 Å². The maximum Gasteiger partial charge on any atom is 0.337 e. The summed E-state index contributed by atoms with van der Waals surface area (Å²) in [4.78, 5) is 48.7. The number of benzene rings is 2. The van der Waals surface area contributed by atoms with Crippen molar-refractivity contribution >= 4 is 46.6 Å². The highest BCUT2D eigenvalue weighted by Gasteiger charge is 2.49. The molecule has 2 atom stereocenters. The van der Waals surface area contributed by atoms with E-state index in [-0.39, 0.29) is 23.8 Å². The van der Waals surface area contributed by atoms with Crippen molar-refractivity contribution in [1.82, 2.24) is 9.55 Å². The fraction of sp³-hybridized carbons (Fsp3) is 0.357. The van der Waals surface area contributed by atoms with E-state index in [1.165, 1.54) is 9.80 Å². The Labute approximate surface area is 230 Å². The molecule has 0 spiro atoms. The number of aromatic nitrogens is 2. The lowest BCUT2D eigenvalue weighted by molar-refractivity contribution is -0.119. The number of nitrogens with zero attached hydrogens (tertiary/aromatic N) is 5. The number of carbonyl (C=O) groups excluding carboxylic acids is 3. The molecule has 1 aromatic heterocycles. The first-order valence-corrected chi connectivity index (χ1v) is 13.5. The average Bonchev–Trinajstić information content (AvgIpc) is 3.59. The zero-order chi connectivity index (χ0) is 27.4. The summed E-state index contributed by atoms with van der Waals surface area (Å²) < 4.78 is 8.02. The van der Waals surface area contributed by atoms with Crippen LogP contribution in [0.4, 0.5) is 22.0 Å². The van der Waals surface area contributed by atoms with E-state index in [1.807, 2.05) is 41.5 Å². The fourth-order valence-corrected chi connectivity index (χ4v) is 5.86. The maximum atomic E-state index is 13.7. The van der Waals surface area contributed by atoms with E-state index < -0.39 is 12.1 Å². The van der Waals surface area contributed by atoms with Crippen LogP contribution in [0.3, 0.4) is 0 Å². The zero-order valence-corrected chi connectivity index (χ0v) is 22.5. The number of hydrogen-bond donors (Lipinski definition) is 1. The minimum Gasteiger partial charge on any atom is -0.491 e. The van der Waals surface area contributed by atoms with Crippen molar-refractivity contribution in [3.05, 3.63) is 53.7 Å². The van der Waals surface area contributed by atoms with Crippen LogP contribution in [-0.4, -0.2) is 52.6 Å². The van der Waals surface area contributed by atoms with E-state index in [0.717, 1.165) is 30.6 Å². The molecule has 3 aliphatic heterocycles. The first kappa shape index (κ1) is 25.2. The van der Waals surface area contributed by atoms with Crippen molar-refractivity contribution in [2.45, 2.75) is 45.3 Å². The molecule has 4 amide bonds. The number of urea groups is 1. The van der Waals surface area contributed by atoms with E-state index in [4.69, 9.17) is 27.1 Å². The Kier molecular flexibility index (Phi) is 6.22. The van der Waals surface area contributed by atoms with E-state index in [2.05, 4.69) is 0 Å². The van der Waals surface area contributed by atoms with Gasteiger partial charge in [-0.15, -0.1) is 0 Å². The molecular weight excluding hydrogens is 520 g/mol. The maximum absolute atomic E-state index is 13.7. The Balaban J connectivity index is 1.37. The highest BCUT2D eigenvalue weighted by atomic mass is 35.5. The van der Waals surface area contributed by atoms with Crippen LogP contribution in [0, 0.1) is 5.92 Å². The summed E-state index contributed by atoms with van der Waals surface area (Å²) in [6.07, 6.45) is 3.43. The molecule has 2 saturated heterocycles. The second-order valence-electron chi connectivity index (χ2n) is 10.4. The van der Waals surface area contributed by atoms with Gasteiger partial charge in [-0.2, -0.15) is 0 Å². The van der Waals surface area contributed by atoms with Gasteiger partial charge < -0.3 is 19.9 Å². The second kappa shape index (κ2) is 9.60. The molecule has 0 radical (unpaired) electrons. The Bertz CT molecular complexity index is 1470. The molecule has 0 saturated carbocycles. The van der Waals surface area contributed by atoms with Crippen LogP contribution >= 0.6 is 11.6 Å². The molecule has 2 fully saturated rings. The lowest BCUT2D eigenvalue weighted by Crippen LogP contribution is -2.40. The molecular formula is C28H29ClN6O4. The van der Waals surface area contributed by atoms with Crippen LogP contribution in [0.1, 0.15) is 26.7 Å². The molecule has 2 aromatic carbocycles. The number of imidazole rings is 1. The average molecular weight is 549 g/mol. The van der Waals surface area contributed by atoms with Crippen molar-refractivity contribution in [1.29, 1.82) is 0 Å². The van der Waals surface area contributed by atoms with Crippen LogP contribution in [0.15, 0.2) is 48.7 Å². The number of hydrogen-bond acceptors (Lipinski definition) is 6. The molecule has 39 heavy (non-hydrogen) atoms. The van der Waals surface area contributed by atoms with Gasteiger partial charge in [0.25, 0.3) is 5.91 Å². The summed E-state index contributed by atoms with van der Waals surface area (Å²) in [5.74, 6) is 0.917. The molecule has 2 N–H and O–H groups in total. The number of amides is 4. The largest absolute Gasteiger partial charge is 0.491 e. The van der Waals surface area contributed by atoms with Crippen molar-refractivity contribution in [3.63, 3.8) is 0 Å². The van der Waals surface area contributed by atoms with Crippen LogP contribution < -0.4 is 25.2 Å². The Morgan fingerprint density at radius 2 is 1.85 bits per heavy atom. The Hall–Kier alpha value is -4.05. The van der Waals surface area contributed by atoms with E-state index in [1.54, 1.807) is 30.5 Å². The smallest absolute Gasteiger partial charge is 0.337 e. The van der Waals surface area contributed by atoms with Gasteiger partial charge in [-0.3, -0.25) is 14.5 Å². The Morgan fingerprint density at radius 1 is 1.10 bits per heavy atom. The fourth-order valence-electron chi connectivity index (χ4n) is 5.74. The van der Waals surface area contributed by atoms with Crippen LogP contribution in [0.5, 0.6) is 5.75 Å². The summed E-state index contributed by atoms with van der Waals surface area (Å²) >= 11 is 6.03. The molecule has 1 unspecified atom stereocenters. The van der Waals surface area contributed by atoms with Crippen molar-refractivity contribution in [3.8, 4) is 17.1 Å². The van der Waals surface area contributed by atoms with Crippen molar-refractivity contribution in [2.24, 2.45) is 11.7 Å². The number of rotatable bonds is 5. The summed E-state index contributed by atoms with van der Waals surface area (Å²) in [6.45, 7) is 5.49. The first-order chi connectivity index (χ1) is 18.7. The van der Waals surface area contributed by atoms with Gasteiger partial charge in [-0.1, -0.05) is 25.4 Å². The number of nitrogens with two attached hydrogens (primary N) is 1. The SMILES string of the molecule is CC(C)C1C(=O)N(c2ccc(Cl)cc2)C(=O)N1c1cn2c(n1)-c1ccc(N3CCC[C@H]3C(N)=O)cc1OCC2. The number of imide groups is 1. The van der Waals surface area contributed by atoms with Crippen LogP contribution in [0.2, 0.25) is 5.02 Å². The monoisotopic (exact) mass is 548 g/mol. The summed E-state index contributed by atoms with van der Waals surface area (Å²) in [5.41, 5.74) is 7.73. The first-order valence-electron chi connectivity index (χ1n) is 13.1. The summed E-state index contributed by atoms with van der Waals surface area (Å²) in [7, 11) is 0. The molecule has 0 aliphatic carbocycles. The quantitative estimate of drug-likeness (QED) is 0.481. The normalized spacial score (nSPS) is 20.8. The predicted molar refractivity (Wildman–Crippen MR) is 148 cm³/mol. The van der Waals surface area contributed by atoms with Gasteiger partial charge in [0.15, 0.2) is 5.82 Å². The number of halogens is 1. The Morgan fingerprint density at radius 3 is 2.56 bits per heavy atom. The van der Waals surface area contributed by atoms with Gasteiger partial charge in [0, 0.05) is 29.5 Å². The number of ether oxygens (including phenoxy) is 1. The molecule has 6 rings (SSSR count). The third-order valence-electron chi connectivity index (χ3n) is 7.58. The number of carbonyl (C=O) groups is 3. The van der Waals surface area contributed by atoms with E-state index in [9.17, 15) is 14.4 Å². The minimum absolute atomic E-state index is 0.142. The van der Waals surface area contributed by atoms with Crippen molar-refractivity contribution < 1.29 is 19.1 Å². The highest BCUT2D eigenvalue weighted by Crippen LogP contribution is 2.40. The molecule has 202 valence electrons. The minimum atomic E-state index is -0.702. The van der Waals surface area contributed by atoms with Crippen LogP contribution in [-0.2, 0) is 16.1 Å². The van der Waals surface area contributed by atoms with E-state index in [0.29, 0.717) is 41.3 Å². The number of anilines is 3. The lowest BCUT2D eigenvalue weighted by Gasteiger charge is -2.25. The molecule has 4 heterocycles. The van der Waals surface area contributed by atoms with Gasteiger partial charge in [0.1, 0.15) is 30.3 Å². The predicted octanol–water partition coefficient (Wildman–Crippen LogP) is 4.05. The van der Waals surface area contributed by atoms with Gasteiger partial charge >= 0.3 is 6.03 Å².